The Morgan fingerprint density at radius 2 is 1.88 bits per heavy atom. The number of carbonyl (C=O) groups is 1. The monoisotopic (exact) mass is 231 g/mol. The largest absolute Gasteiger partial charge is 0.326 e. The summed E-state index contributed by atoms with van der Waals surface area (Å²) in [6.07, 6.45) is 0. The van der Waals surface area contributed by atoms with Crippen molar-refractivity contribution in [1.82, 2.24) is 5.32 Å². The van der Waals surface area contributed by atoms with Gasteiger partial charge < -0.3 is 5.32 Å². The zero-order valence-electron chi connectivity index (χ0n) is 10.3. The summed E-state index contributed by atoms with van der Waals surface area (Å²) in [6, 6.07) is 9.41. The van der Waals surface area contributed by atoms with Crippen LogP contribution < -0.4 is 10.6 Å². The topological polar surface area (TPSA) is 64.9 Å². The van der Waals surface area contributed by atoms with Gasteiger partial charge in [0.2, 0.25) is 5.91 Å². The smallest absolute Gasteiger partial charge is 0.221 e. The molecule has 1 atom stereocenters. The molecular weight excluding hydrogens is 214 g/mol. The zero-order valence-corrected chi connectivity index (χ0v) is 10.3. The number of nitrogens with zero attached hydrogens (tertiary/aromatic N) is 1. The van der Waals surface area contributed by atoms with Gasteiger partial charge in [0, 0.05) is 18.7 Å². The third-order valence-electron chi connectivity index (χ3n) is 2.19. The Labute approximate surface area is 102 Å². The molecule has 90 valence electrons. The number of carbonyl (C=O) groups excluding carboxylic acids is 1. The van der Waals surface area contributed by atoms with E-state index in [1.807, 2.05) is 26.0 Å². The van der Waals surface area contributed by atoms with Gasteiger partial charge in [0.05, 0.1) is 6.07 Å². The van der Waals surface area contributed by atoms with Crippen LogP contribution in [-0.4, -0.2) is 11.9 Å². The minimum Gasteiger partial charge on any atom is -0.326 e. The normalized spacial score (nSPS) is 11.9. The number of nitrogens with one attached hydrogen (secondary N) is 2. The van der Waals surface area contributed by atoms with Crippen LogP contribution in [0.1, 0.15) is 32.4 Å². The maximum atomic E-state index is 10.9. The molecule has 0 heterocycles. The van der Waals surface area contributed by atoms with Gasteiger partial charge in [0.15, 0.2) is 0 Å². The maximum absolute atomic E-state index is 10.9. The van der Waals surface area contributed by atoms with Gasteiger partial charge >= 0.3 is 0 Å². The molecule has 2 N–H and O–H groups in total. The molecule has 1 aromatic carbocycles. The third kappa shape index (κ3) is 4.25. The van der Waals surface area contributed by atoms with Crippen LogP contribution in [-0.2, 0) is 4.79 Å². The summed E-state index contributed by atoms with van der Waals surface area (Å²) in [5.74, 6) is -0.102. The number of anilines is 1. The second-order valence-electron chi connectivity index (χ2n) is 4.19. The van der Waals surface area contributed by atoms with Gasteiger partial charge in [-0.25, -0.2) is 0 Å². The molecule has 1 unspecified atom stereocenters. The zero-order chi connectivity index (χ0) is 12.8. The van der Waals surface area contributed by atoms with Crippen molar-refractivity contribution in [1.29, 1.82) is 5.26 Å². The van der Waals surface area contributed by atoms with Crippen molar-refractivity contribution in [2.45, 2.75) is 32.9 Å². The van der Waals surface area contributed by atoms with Crippen molar-refractivity contribution in [3.63, 3.8) is 0 Å². The Bertz CT molecular complexity index is 417. The van der Waals surface area contributed by atoms with Crippen LogP contribution in [0.4, 0.5) is 5.69 Å². The molecule has 1 amide bonds. The lowest BCUT2D eigenvalue weighted by Gasteiger charge is -2.15. The second kappa shape index (κ2) is 6.02. The number of rotatable bonds is 4. The number of hydrogen-bond acceptors (Lipinski definition) is 3. The molecule has 1 aromatic rings. The van der Waals surface area contributed by atoms with Crippen LogP contribution in [0.2, 0.25) is 0 Å². The van der Waals surface area contributed by atoms with Gasteiger partial charge in [-0.2, -0.15) is 5.26 Å². The van der Waals surface area contributed by atoms with Crippen molar-refractivity contribution in [3.8, 4) is 6.07 Å². The molecular formula is C13H17N3O. The lowest BCUT2D eigenvalue weighted by atomic mass is 10.1. The van der Waals surface area contributed by atoms with Crippen molar-refractivity contribution < 1.29 is 4.79 Å². The van der Waals surface area contributed by atoms with E-state index < -0.39 is 0 Å². The van der Waals surface area contributed by atoms with Gasteiger partial charge in [-0.15, -0.1) is 0 Å². The van der Waals surface area contributed by atoms with E-state index in [2.05, 4.69) is 16.7 Å². The van der Waals surface area contributed by atoms with Gasteiger partial charge in [-0.05, 0) is 31.5 Å². The molecule has 17 heavy (non-hydrogen) atoms. The van der Waals surface area contributed by atoms with Crippen molar-refractivity contribution >= 4 is 11.6 Å². The number of benzene rings is 1. The minimum atomic E-state index is -0.318. The van der Waals surface area contributed by atoms with E-state index in [0.29, 0.717) is 0 Å². The molecule has 0 fully saturated rings. The van der Waals surface area contributed by atoms with Crippen LogP contribution >= 0.6 is 0 Å². The fraction of sp³-hybridized carbons (Fsp3) is 0.385. The molecule has 0 aliphatic carbocycles. The minimum absolute atomic E-state index is 0.102. The molecule has 4 nitrogen and oxygen atoms in total. The van der Waals surface area contributed by atoms with E-state index in [1.165, 1.54) is 6.92 Å². The second-order valence-corrected chi connectivity index (χ2v) is 4.19. The van der Waals surface area contributed by atoms with Gasteiger partial charge in [-0.3, -0.25) is 10.1 Å². The van der Waals surface area contributed by atoms with Gasteiger partial charge in [0.25, 0.3) is 0 Å². The summed E-state index contributed by atoms with van der Waals surface area (Å²) in [7, 11) is 0. The molecule has 0 aliphatic heterocycles. The molecule has 0 saturated carbocycles. The molecule has 0 aromatic heterocycles. The Kier molecular flexibility index (Phi) is 4.68. The summed E-state index contributed by atoms with van der Waals surface area (Å²) >= 11 is 0. The predicted octanol–water partition coefficient (Wildman–Crippen LogP) is 2.21. The lowest BCUT2D eigenvalue weighted by Crippen LogP contribution is -2.27. The predicted molar refractivity (Wildman–Crippen MR) is 67.4 cm³/mol. The van der Waals surface area contributed by atoms with E-state index in [-0.39, 0.29) is 18.0 Å². The van der Waals surface area contributed by atoms with Crippen molar-refractivity contribution in [3.05, 3.63) is 29.8 Å². The summed E-state index contributed by atoms with van der Waals surface area (Å²) in [5, 5.41) is 14.9. The quantitative estimate of drug-likeness (QED) is 0.835. The summed E-state index contributed by atoms with van der Waals surface area (Å²) in [5.41, 5.74) is 1.64. The van der Waals surface area contributed by atoms with E-state index >= 15 is 0 Å². The molecule has 0 radical (unpaired) electrons. The first-order valence-electron chi connectivity index (χ1n) is 5.56. The number of nitriles is 1. The Hall–Kier alpha value is -1.86. The first-order valence-corrected chi connectivity index (χ1v) is 5.56. The van der Waals surface area contributed by atoms with Gasteiger partial charge in [-0.1, -0.05) is 12.1 Å². The van der Waals surface area contributed by atoms with Crippen molar-refractivity contribution in [2.24, 2.45) is 0 Å². The first kappa shape index (κ1) is 13.2. The molecule has 0 aliphatic rings. The number of amides is 1. The number of hydrogen-bond donors (Lipinski definition) is 2. The van der Waals surface area contributed by atoms with Crippen molar-refractivity contribution in [2.75, 3.05) is 5.32 Å². The standard InChI is InChI=1S/C13H17N3O/c1-9(2)15-13(8-14)11-4-6-12(7-5-11)16-10(3)17/h4-7,9,13,15H,1-3H3,(H,16,17). The van der Waals surface area contributed by atoms with Crippen LogP contribution in [0, 0.1) is 11.3 Å². The van der Waals surface area contributed by atoms with E-state index in [0.717, 1.165) is 11.3 Å². The summed E-state index contributed by atoms with van der Waals surface area (Å²) < 4.78 is 0. The van der Waals surface area contributed by atoms with Crippen LogP contribution in [0.15, 0.2) is 24.3 Å². The fourth-order valence-electron chi connectivity index (χ4n) is 1.50. The fourth-order valence-corrected chi connectivity index (χ4v) is 1.50. The summed E-state index contributed by atoms with van der Waals surface area (Å²) in [4.78, 5) is 10.9. The summed E-state index contributed by atoms with van der Waals surface area (Å²) in [6.45, 7) is 5.46. The highest BCUT2D eigenvalue weighted by molar-refractivity contribution is 5.88. The molecule has 1 rings (SSSR count). The molecule has 4 heteroatoms. The Morgan fingerprint density at radius 1 is 1.29 bits per heavy atom. The Balaban J connectivity index is 2.78. The van der Waals surface area contributed by atoms with E-state index in [4.69, 9.17) is 5.26 Å². The SMILES string of the molecule is CC(=O)Nc1ccc(C(C#N)NC(C)C)cc1. The lowest BCUT2D eigenvalue weighted by molar-refractivity contribution is -0.114. The van der Waals surface area contributed by atoms with Crippen LogP contribution in [0.3, 0.4) is 0 Å². The highest BCUT2D eigenvalue weighted by Gasteiger charge is 2.10. The Morgan fingerprint density at radius 3 is 2.29 bits per heavy atom. The molecule has 0 spiro atoms. The highest BCUT2D eigenvalue weighted by Crippen LogP contribution is 2.16. The van der Waals surface area contributed by atoms with E-state index in [1.54, 1.807) is 12.1 Å². The van der Waals surface area contributed by atoms with Gasteiger partial charge in [0.1, 0.15) is 6.04 Å². The molecule has 0 bridgehead atoms. The first-order chi connectivity index (χ1) is 8.02. The van der Waals surface area contributed by atoms with Crippen LogP contribution in [0.25, 0.3) is 0 Å². The van der Waals surface area contributed by atoms with E-state index in [9.17, 15) is 4.79 Å². The van der Waals surface area contributed by atoms with Crippen LogP contribution in [0.5, 0.6) is 0 Å². The maximum Gasteiger partial charge on any atom is 0.221 e. The highest BCUT2D eigenvalue weighted by atomic mass is 16.1. The average molecular weight is 231 g/mol. The third-order valence-corrected chi connectivity index (χ3v) is 2.19. The molecule has 0 saturated heterocycles. The average Bonchev–Trinajstić information content (AvgIpc) is 2.26.